The summed E-state index contributed by atoms with van der Waals surface area (Å²) >= 11 is 0. The molecule has 1 unspecified atom stereocenters. The molecule has 0 aliphatic carbocycles. The molecule has 1 aliphatic rings. The van der Waals surface area contributed by atoms with Crippen molar-refractivity contribution in [3.8, 4) is 0 Å². The fourth-order valence-corrected chi connectivity index (χ4v) is 4.20. The van der Waals surface area contributed by atoms with E-state index >= 15 is 0 Å². The summed E-state index contributed by atoms with van der Waals surface area (Å²) in [6.07, 6.45) is 1.19. The second kappa shape index (κ2) is 10.3. The molecule has 4 rings (SSSR count). The van der Waals surface area contributed by atoms with E-state index in [1.807, 2.05) is 49.4 Å². The van der Waals surface area contributed by atoms with Gasteiger partial charge in [-0.15, -0.1) is 0 Å². The number of aryl methyl sites for hydroxylation is 1. The van der Waals surface area contributed by atoms with Crippen molar-refractivity contribution in [2.75, 3.05) is 24.5 Å². The van der Waals surface area contributed by atoms with Gasteiger partial charge in [-0.2, -0.15) is 0 Å². The van der Waals surface area contributed by atoms with Gasteiger partial charge in [-0.05, 0) is 54.8 Å². The van der Waals surface area contributed by atoms with E-state index in [4.69, 9.17) is 0 Å². The minimum atomic E-state index is -0.694. The molecule has 170 valence electrons. The summed E-state index contributed by atoms with van der Waals surface area (Å²) in [6.45, 7) is 3.78. The van der Waals surface area contributed by atoms with Gasteiger partial charge in [0.25, 0.3) is 5.91 Å². The van der Waals surface area contributed by atoms with Crippen LogP contribution in [0.4, 0.5) is 10.1 Å². The quantitative estimate of drug-likeness (QED) is 0.556. The molecule has 0 radical (unpaired) electrons. The molecule has 0 saturated heterocycles. The molecule has 2 amide bonds. The van der Waals surface area contributed by atoms with Gasteiger partial charge in [0.15, 0.2) is 0 Å². The number of halogens is 1. The molecule has 3 aromatic carbocycles. The van der Waals surface area contributed by atoms with E-state index in [1.54, 1.807) is 24.3 Å². The Kier molecular flexibility index (Phi) is 7.03. The molecule has 1 atom stereocenters. The van der Waals surface area contributed by atoms with E-state index in [2.05, 4.69) is 15.5 Å². The van der Waals surface area contributed by atoms with Crippen LogP contribution >= 0.6 is 0 Å². The zero-order valence-corrected chi connectivity index (χ0v) is 18.7. The van der Waals surface area contributed by atoms with Gasteiger partial charge < -0.3 is 15.5 Å². The zero-order valence-electron chi connectivity index (χ0n) is 18.7. The SMILES string of the molecule is Cc1cccc(C(=O)NC(Cc2ccccc2)C(=O)NCCN2CCc3cc(F)ccc32)c1. The van der Waals surface area contributed by atoms with Crippen LogP contribution in [0.5, 0.6) is 0 Å². The van der Waals surface area contributed by atoms with Crippen LogP contribution in [0.2, 0.25) is 0 Å². The highest BCUT2D eigenvalue weighted by molar-refractivity contribution is 5.97. The second-order valence-electron chi connectivity index (χ2n) is 8.39. The molecular weight excluding hydrogens is 417 g/mol. The van der Waals surface area contributed by atoms with Gasteiger partial charge in [0, 0.05) is 37.3 Å². The molecule has 0 spiro atoms. The summed E-state index contributed by atoms with van der Waals surface area (Å²) in [5.41, 5.74) is 4.49. The number of benzene rings is 3. The third kappa shape index (κ3) is 5.77. The lowest BCUT2D eigenvalue weighted by atomic mass is 10.0. The van der Waals surface area contributed by atoms with E-state index < -0.39 is 6.04 Å². The number of carbonyl (C=O) groups is 2. The Balaban J connectivity index is 1.39. The van der Waals surface area contributed by atoms with Crippen LogP contribution < -0.4 is 15.5 Å². The second-order valence-corrected chi connectivity index (χ2v) is 8.39. The van der Waals surface area contributed by atoms with Gasteiger partial charge in [-0.1, -0.05) is 48.0 Å². The van der Waals surface area contributed by atoms with Crippen LogP contribution in [0.3, 0.4) is 0 Å². The highest BCUT2D eigenvalue weighted by Gasteiger charge is 2.23. The lowest BCUT2D eigenvalue weighted by Gasteiger charge is -2.22. The fourth-order valence-electron chi connectivity index (χ4n) is 4.20. The van der Waals surface area contributed by atoms with Crippen molar-refractivity contribution in [2.45, 2.75) is 25.8 Å². The molecule has 5 nitrogen and oxygen atoms in total. The number of nitrogens with zero attached hydrogens (tertiary/aromatic N) is 1. The van der Waals surface area contributed by atoms with Crippen molar-refractivity contribution < 1.29 is 14.0 Å². The van der Waals surface area contributed by atoms with Crippen LogP contribution in [0.1, 0.15) is 27.0 Å². The van der Waals surface area contributed by atoms with Crippen LogP contribution in [0.15, 0.2) is 72.8 Å². The number of rotatable bonds is 8. The summed E-state index contributed by atoms with van der Waals surface area (Å²) in [5.74, 6) is -0.722. The normalized spacial score (nSPS) is 13.3. The van der Waals surface area contributed by atoms with Gasteiger partial charge in [-0.3, -0.25) is 9.59 Å². The van der Waals surface area contributed by atoms with Crippen LogP contribution in [0, 0.1) is 12.7 Å². The first-order valence-electron chi connectivity index (χ1n) is 11.2. The highest BCUT2D eigenvalue weighted by Crippen LogP contribution is 2.27. The summed E-state index contributed by atoms with van der Waals surface area (Å²) in [5, 5.41) is 5.87. The van der Waals surface area contributed by atoms with Crippen molar-refractivity contribution >= 4 is 17.5 Å². The Morgan fingerprint density at radius 2 is 1.85 bits per heavy atom. The number of hydrogen-bond donors (Lipinski definition) is 2. The number of nitrogens with one attached hydrogen (secondary N) is 2. The molecule has 0 fully saturated rings. The lowest BCUT2D eigenvalue weighted by molar-refractivity contribution is -0.122. The standard InChI is InChI=1S/C27H28FN3O2/c1-19-6-5-9-22(16-19)26(32)30-24(17-20-7-3-2-4-8-20)27(33)29-13-15-31-14-12-21-18-23(28)10-11-25(21)31/h2-11,16,18,24H,12-15,17H2,1H3,(H,29,33)(H,30,32). The topological polar surface area (TPSA) is 61.4 Å². The zero-order chi connectivity index (χ0) is 23.2. The predicted octanol–water partition coefficient (Wildman–Crippen LogP) is 3.65. The molecule has 0 saturated carbocycles. The number of hydrogen-bond acceptors (Lipinski definition) is 3. The Morgan fingerprint density at radius 3 is 2.64 bits per heavy atom. The van der Waals surface area contributed by atoms with E-state index in [1.165, 1.54) is 6.07 Å². The number of carbonyl (C=O) groups excluding carboxylic acids is 2. The third-order valence-corrected chi connectivity index (χ3v) is 5.90. The fraction of sp³-hybridized carbons (Fsp3) is 0.259. The molecule has 33 heavy (non-hydrogen) atoms. The molecule has 3 aromatic rings. The first-order chi connectivity index (χ1) is 16.0. The summed E-state index contributed by atoms with van der Waals surface area (Å²) in [6, 6.07) is 21.1. The van der Waals surface area contributed by atoms with Gasteiger partial charge in [0.2, 0.25) is 5.91 Å². The van der Waals surface area contributed by atoms with Crippen molar-refractivity contribution in [3.05, 3.63) is 101 Å². The molecule has 2 N–H and O–H groups in total. The van der Waals surface area contributed by atoms with Crippen LogP contribution in [0.25, 0.3) is 0 Å². The first-order valence-corrected chi connectivity index (χ1v) is 11.2. The van der Waals surface area contributed by atoms with E-state index in [-0.39, 0.29) is 17.6 Å². The summed E-state index contributed by atoms with van der Waals surface area (Å²) in [4.78, 5) is 28.0. The summed E-state index contributed by atoms with van der Waals surface area (Å²) in [7, 11) is 0. The molecule has 0 bridgehead atoms. The Bertz CT molecular complexity index is 1130. The van der Waals surface area contributed by atoms with Crippen molar-refractivity contribution in [3.63, 3.8) is 0 Å². The minimum absolute atomic E-state index is 0.224. The Labute approximate surface area is 193 Å². The van der Waals surface area contributed by atoms with E-state index in [0.29, 0.717) is 25.1 Å². The number of fused-ring (bicyclic) bond motifs is 1. The monoisotopic (exact) mass is 445 g/mol. The summed E-state index contributed by atoms with van der Waals surface area (Å²) < 4.78 is 13.5. The molecule has 1 aliphatic heterocycles. The number of amides is 2. The molecule has 6 heteroatoms. The van der Waals surface area contributed by atoms with Crippen molar-refractivity contribution in [2.24, 2.45) is 0 Å². The Hall–Kier alpha value is -3.67. The number of anilines is 1. The maximum atomic E-state index is 13.5. The molecular formula is C27H28FN3O2. The largest absolute Gasteiger partial charge is 0.369 e. The first kappa shape index (κ1) is 22.5. The highest BCUT2D eigenvalue weighted by atomic mass is 19.1. The molecule has 1 heterocycles. The van der Waals surface area contributed by atoms with Gasteiger partial charge in [-0.25, -0.2) is 4.39 Å². The average Bonchev–Trinajstić information content (AvgIpc) is 3.21. The van der Waals surface area contributed by atoms with Crippen LogP contribution in [-0.4, -0.2) is 37.5 Å². The van der Waals surface area contributed by atoms with Gasteiger partial charge in [0.05, 0.1) is 0 Å². The molecule has 0 aromatic heterocycles. The predicted molar refractivity (Wildman–Crippen MR) is 128 cm³/mol. The average molecular weight is 446 g/mol. The van der Waals surface area contributed by atoms with Gasteiger partial charge >= 0.3 is 0 Å². The van der Waals surface area contributed by atoms with Crippen molar-refractivity contribution in [1.29, 1.82) is 0 Å². The van der Waals surface area contributed by atoms with E-state index in [9.17, 15) is 14.0 Å². The lowest BCUT2D eigenvalue weighted by Crippen LogP contribution is -2.49. The maximum Gasteiger partial charge on any atom is 0.251 e. The third-order valence-electron chi connectivity index (χ3n) is 5.90. The van der Waals surface area contributed by atoms with Crippen LogP contribution in [-0.2, 0) is 17.6 Å². The maximum absolute atomic E-state index is 13.5. The smallest absolute Gasteiger partial charge is 0.251 e. The Morgan fingerprint density at radius 1 is 1.03 bits per heavy atom. The van der Waals surface area contributed by atoms with Gasteiger partial charge in [0.1, 0.15) is 11.9 Å². The van der Waals surface area contributed by atoms with Crippen molar-refractivity contribution in [1.82, 2.24) is 10.6 Å². The minimum Gasteiger partial charge on any atom is -0.369 e. The van der Waals surface area contributed by atoms with E-state index in [0.717, 1.165) is 35.3 Å².